The summed E-state index contributed by atoms with van der Waals surface area (Å²) in [5.41, 5.74) is 7.49. The van der Waals surface area contributed by atoms with Crippen molar-refractivity contribution in [1.82, 2.24) is 4.98 Å². The Hall–Kier alpha value is -1.47. The summed E-state index contributed by atoms with van der Waals surface area (Å²) in [6.45, 7) is 0. The molecule has 0 radical (unpaired) electrons. The van der Waals surface area contributed by atoms with Gasteiger partial charge in [-0.25, -0.2) is 0 Å². The van der Waals surface area contributed by atoms with E-state index in [1.165, 1.54) is 0 Å². The maximum absolute atomic E-state index is 4.37. The van der Waals surface area contributed by atoms with Crippen LogP contribution in [0.25, 0.3) is 5.43 Å². The number of benzene rings is 2. The Labute approximate surface area is 185 Å². The number of hydrogen-bond acceptors (Lipinski definition) is 2. The predicted molar refractivity (Wildman–Crippen MR) is 121 cm³/mol. The molecule has 4 nitrogen and oxygen atoms in total. The van der Waals surface area contributed by atoms with Crippen LogP contribution in [0, 0.1) is 0 Å². The number of pyridine rings is 1. The largest absolute Gasteiger partial charge is 0.509 e. The Kier molecular flexibility index (Phi) is 10.4. The maximum atomic E-state index is 4.37. The van der Waals surface area contributed by atoms with Crippen molar-refractivity contribution in [1.29, 1.82) is 0 Å². The molecule has 0 unspecified atom stereocenters. The first-order chi connectivity index (χ1) is 13.2. The summed E-state index contributed by atoms with van der Waals surface area (Å²) in [4.78, 5) is 4.37. The van der Waals surface area contributed by atoms with Crippen LogP contribution in [0.5, 0.6) is 0 Å². The van der Waals surface area contributed by atoms with E-state index in [1.54, 1.807) is 6.20 Å². The number of thiol groups is 1. The van der Waals surface area contributed by atoms with Crippen molar-refractivity contribution in [3.63, 3.8) is 0 Å². The van der Waals surface area contributed by atoms with Gasteiger partial charge in [0.2, 0.25) is 5.11 Å². The van der Waals surface area contributed by atoms with Gasteiger partial charge < -0.3 is 15.8 Å². The van der Waals surface area contributed by atoms with E-state index in [0.29, 0.717) is 10.8 Å². The summed E-state index contributed by atoms with van der Waals surface area (Å²) in [6, 6.07) is 25.2. The molecule has 8 heteroatoms. The number of nitrogens with one attached hydrogen (secondary N) is 1. The Morgan fingerprint density at radius 3 is 2.11 bits per heavy atom. The van der Waals surface area contributed by atoms with Gasteiger partial charge in [-0.2, -0.15) is 0 Å². The Morgan fingerprint density at radius 1 is 0.926 bits per heavy atom. The first-order valence-electron chi connectivity index (χ1n) is 8.00. The van der Waals surface area contributed by atoms with E-state index in [9.17, 15) is 0 Å². The first-order valence-corrected chi connectivity index (χ1v) is 22.3. The number of hydrogen-bond donors (Lipinski definition) is 1. The van der Waals surface area contributed by atoms with Crippen LogP contribution in [0.15, 0.2) is 90.2 Å². The molecule has 0 fully saturated rings. The molecule has 0 amide bonds. The topological polar surface area (TPSA) is 51.4 Å². The average molecular weight is 558 g/mol. The van der Waals surface area contributed by atoms with Gasteiger partial charge in [0, 0.05) is 17.4 Å². The molecule has 0 saturated carbocycles. The number of para-hydroxylation sites is 1. The molecule has 2 aromatic carbocycles. The SMILES string of the molecule is [Br][Zn][Br].[SH+]=C([N-]N=C(c1ccccc1)c1ccccn1)Nc1ccccc1. The Morgan fingerprint density at radius 2 is 1.52 bits per heavy atom. The molecule has 1 N–H and O–H groups in total. The van der Waals surface area contributed by atoms with Gasteiger partial charge in [0.1, 0.15) is 0 Å². The molecule has 0 bridgehead atoms. The fraction of sp³-hybridized carbons (Fsp3) is 0. The molecule has 1 aromatic heterocycles. The molecule has 1 heterocycles. The monoisotopic (exact) mass is 554 g/mol. The van der Waals surface area contributed by atoms with Crippen molar-refractivity contribution >= 4 is 56.0 Å². The summed E-state index contributed by atoms with van der Waals surface area (Å²) < 4.78 is 0. The van der Waals surface area contributed by atoms with Gasteiger partial charge in [0.05, 0.1) is 11.4 Å². The quantitative estimate of drug-likeness (QED) is 0.117. The zero-order valence-corrected chi connectivity index (χ0v) is 21.4. The molecular weight excluding hydrogens is 542 g/mol. The van der Waals surface area contributed by atoms with Crippen molar-refractivity contribution in [2.45, 2.75) is 0 Å². The summed E-state index contributed by atoms with van der Waals surface area (Å²) in [5, 5.41) is 7.86. The second-order valence-corrected chi connectivity index (χ2v) is 19.5. The minimum absolute atomic E-state index is 0.250. The van der Waals surface area contributed by atoms with Crippen LogP contribution in [-0.2, 0) is 25.4 Å². The van der Waals surface area contributed by atoms with Gasteiger partial charge in [-0.3, -0.25) is 4.98 Å². The third-order valence-electron chi connectivity index (χ3n) is 3.23. The zero-order chi connectivity index (χ0) is 19.3. The minimum Gasteiger partial charge on any atom is -0.509 e. The van der Waals surface area contributed by atoms with Crippen molar-refractivity contribution < 1.29 is 13.2 Å². The van der Waals surface area contributed by atoms with Crippen LogP contribution in [0.2, 0.25) is 0 Å². The van der Waals surface area contributed by atoms with Crippen molar-refractivity contribution in [3.8, 4) is 0 Å². The van der Waals surface area contributed by atoms with Crippen LogP contribution in [-0.4, -0.2) is 15.8 Å². The van der Waals surface area contributed by atoms with Gasteiger partial charge >= 0.3 is 40.5 Å². The van der Waals surface area contributed by atoms with Crippen LogP contribution >= 0.6 is 27.2 Å². The van der Waals surface area contributed by atoms with Gasteiger partial charge in [0.15, 0.2) is 12.2 Å². The van der Waals surface area contributed by atoms with Gasteiger partial charge in [-0.15, -0.1) is 0 Å². The molecule has 0 aliphatic heterocycles. The summed E-state index contributed by atoms with van der Waals surface area (Å²) in [6.07, 6.45) is 1.74. The Bertz CT molecular complexity index is 808. The molecule has 27 heavy (non-hydrogen) atoms. The average Bonchev–Trinajstić information content (AvgIpc) is 2.71. The second-order valence-electron chi connectivity index (χ2n) is 5.05. The maximum Gasteiger partial charge on any atom is 0.212 e. The van der Waals surface area contributed by atoms with Crippen molar-refractivity contribution in [2.24, 2.45) is 5.10 Å². The van der Waals surface area contributed by atoms with E-state index in [1.807, 2.05) is 78.9 Å². The molecular formula is C19H16Br2N4SZn. The predicted octanol–water partition coefficient (Wildman–Crippen LogP) is 5.38. The molecule has 0 saturated heterocycles. The van der Waals surface area contributed by atoms with E-state index in [-0.39, 0.29) is 13.2 Å². The molecule has 3 rings (SSSR count). The van der Waals surface area contributed by atoms with Crippen LogP contribution < -0.4 is 5.32 Å². The zero-order valence-electron chi connectivity index (χ0n) is 14.3. The summed E-state index contributed by atoms with van der Waals surface area (Å²) >= 11 is 10.6. The summed E-state index contributed by atoms with van der Waals surface area (Å²) in [7, 11) is 0. The third-order valence-corrected chi connectivity index (χ3v) is 3.43. The van der Waals surface area contributed by atoms with Crippen LogP contribution in [0.3, 0.4) is 0 Å². The van der Waals surface area contributed by atoms with Crippen LogP contribution in [0.4, 0.5) is 5.69 Å². The van der Waals surface area contributed by atoms with E-state index < -0.39 is 0 Å². The molecule has 0 atom stereocenters. The van der Waals surface area contributed by atoms with Crippen molar-refractivity contribution in [3.05, 3.63) is 102 Å². The first kappa shape index (κ1) is 21.8. The number of aromatic nitrogens is 1. The fourth-order valence-corrected chi connectivity index (χ4v) is 2.30. The van der Waals surface area contributed by atoms with Gasteiger partial charge in [0.25, 0.3) is 0 Å². The van der Waals surface area contributed by atoms with Crippen molar-refractivity contribution in [2.75, 3.05) is 5.32 Å². The fourth-order valence-electron chi connectivity index (χ4n) is 2.13. The summed E-state index contributed by atoms with van der Waals surface area (Å²) in [5.74, 6) is 0. The van der Waals surface area contributed by atoms with E-state index in [2.05, 4.69) is 60.3 Å². The van der Waals surface area contributed by atoms with Gasteiger partial charge in [-0.05, 0) is 24.3 Å². The standard InChI is InChI=1S/C19H16N4S.2BrH.Zn/c24-19(21-16-11-5-2-6-12-16)23-22-18(15-9-3-1-4-10-15)17-13-7-8-14-20-17;;;/h1-14H,(H2,20,21,23,24);2*1H;/q;;;+2/p-2. The number of nitrogens with zero attached hydrogens (tertiary/aromatic N) is 3. The molecule has 3 aromatic rings. The number of anilines is 1. The second kappa shape index (κ2) is 12.8. The molecule has 134 valence electrons. The molecule has 0 aliphatic rings. The van der Waals surface area contributed by atoms with E-state index >= 15 is 0 Å². The van der Waals surface area contributed by atoms with E-state index in [4.69, 9.17) is 0 Å². The molecule has 0 spiro atoms. The number of rotatable bonds is 4. The van der Waals surface area contributed by atoms with Crippen LogP contribution in [0.1, 0.15) is 11.3 Å². The smallest absolute Gasteiger partial charge is 0.212 e. The van der Waals surface area contributed by atoms with E-state index in [0.717, 1.165) is 16.9 Å². The third kappa shape index (κ3) is 7.97. The van der Waals surface area contributed by atoms with Gasteiger partial charge in [-0.1, -0.05) is 54.6 Å². The molecule has 0 aliphatic carbocycles. The Balaban J connectivity index is 0.000000817. The normalized spacial score (nSPS) is 10.1. The number of halogens is 2. The minimum atomic E-state index is -0.250.